The van der Waals surface area contributed by atoms with Gasteiger partial charge in [-0.05, 0) is 25.6 Å². The summed E-state index contributed by atoms with van der Waals surface area (Å²) in [6.45, 7) is 2.31. The molecule has 3 nitrogen and oxygen atoms in total. The van der Waals surface area contributed by atoms with Crippen LogP contribution in [0.5, 0.6) is 0 Å². The Kier molecular flexibility index (Phi) is 2.86. The highest BCUT2D eigenvalue weighted by molar-refractivity contribution is 6.80. The first-order valence-corrected chi connectivity index (χ1v) is 7.54. The van der Waals surface area contributed by atoms with E-state index in [0.29, 0.717) is 0 Å². The van der Waals surface area contributed by atoms with Crippen molar-refractivity contribution in [3.63, 3.8) is 0 Å². The van der Waals surface area contributed by atoms with Crippen LogP contribution < -0.4 is 15.0 Å². The molecule has 3 heterocycles. The summed E-state index contributed by atoms with van der Waals surface area (Å²) in [5.74, 6) is 3.19. The summed E-state index contributed by atoms with van der Waals surface area (Å²) in [6.07, 6.45) is 4.30. The second-order valence-electron chi connectivity index (χ2n) is 5.97. The minimum absolute atomic E-state index is 0.179. The van der Waals surface area contributed by atoms with Crippen LogP contribution in [-0.4, -0.2) is 13.9 Å². The molecule has 0 unspecified atom stereocenters. The van der Waals surface area contributed by atoms with Crippen LogP contribution in [-0.2, 0) is 7.05 Å². The van der Waals surface area contributed by atoms with Gasteiger partial charge >= 0.3 is 6.85 Å². The van der Waals surface area contributed by atoms with E-state index in [1.165, 1.54) is 22.1 Å². The van der Waals surface area contributed by atoms with Gasteiger partial charge in [0.25, 0.3) is 0 Å². The van der Waals surface area contributed by atoms with Crippen molar-refractivity contribution in [3.05, 3.63) is 59.7 Å². The van der Waals surface area contributed by atoms with Crippen LogP contribution >= 0.6 is 0 Å². The summed E-state index contributed by atoms with van der Waals surface area (Å²) in [4.78, 5) is 2.21. The molecular weight excluding hydrogens is 271 g/mol. The molecule has 22 heavy (non-hydrogen) atoms. The highest BCUT2D eigenvalue weighted by atomic mass is 16.4. The molecule has 0 N–H and O–H groups in total. The maximum Gasteiger partial charge on any atom is 0.398 e. The van der Waals surface area contributed by atoms with E-state index in [2.05, 4.69) is 72.9 Å². The fourth-order valence-corrected chi connectivity index (χ4v) is 3.21. The molecule has 0 amide bonds. The number of benzene rings is 1. The van der Waals surface area contributed by atoms with Crippen molar-refractivity contribution >= 4 is 35.4 Å². The van der Waals surface area contributed by atoms with Crippen molar-refractivity contribution in [1.29, 1.82) is 0 Å². The fourth-order valence-electron chi connectivity index (χ4n) is 3.21. The molecule has 0 bridgehead atoms. The third-order valence-corrected chi connectivity index (χ3v) is 4.44. The summed E-state index contributed by atoms with van der Waals surface area (Å²) in [6, 6.07) is 12.6. The summed E-state index contributed by atoms with van der Waals surface area (Å²) < 4.78 is 8.26. The van der Waals surface area contributed by atoms with Crippen LogP contribution in [0.2, 0.25) is 0 Å². The molecule has 0 fully saturated rings. The molecule has 0 spiro atoms. The Morgan fingerprint density at radius 2 is 2.00 bits per heavy atom. The Labute approximate surface area is 130 Å². The Morgan fingerprint density at radius 3 is 2.86 bits per heavy atom. The SMILES string of the molecule is Cc1cc[n+](C)c(B2C=Cc3c(oc4ccccc34)N2C)c1. The van der Waals surface area contributed by atoms with Crippen molar-refractivity contribution in [2.45, 2.75) is 6.92 Å². The first kappa shape index (κ1) is 13.2. The topological polar surface area (TPSA) is 20.3 Å². The molecule has 3 aromatic rings. The normalized spacial score (nSPS) is 13.8. The van der Waals surface area contributed by atoms with Crippen LogP contribution in [0.3, 0.4) is 0 Å². The largest absolute Gasteiger partial charge is 0.441 e. The van der Waals surface area contributed by atoms with Crippen LogP contribution in [0.1, 0.15) is 11.1 Å². The van der Waals surface area contributed by atoms with Crippen molar-refractivity contribution in [2.75, 3.05) is 11.9 Å². The third kappa shape index (κ3) is 1.87. The molecule has 4 heteroatoms. The van der Waals surface area contributed by atoms with E-state index in [0.717, 1.165) is 11.5 Å². The number of hydrogen-bond acceptors (Lipinski definition) is 2. The van der Waals surface area contributed by atoms with Crippen molar-refractivity contribution in [1.82, 2.24) is 0 Å². The Balaban J connectivity index is 1.86. The summed E-state index contributed by atoms with van der Waals surface area (Å²) >= 11 is 0. The van der Waals surface area contributed by atoms with Gasteiger partial charge in [0.05, 0.1) is 0 Å². The van der Waals surface area contributed by atoms with Gasteiger partial charge in [-0.25, -0.2) is 4.57 Å². The molecule has 0 saturated heterocycles. The molecule has 108 valence electrons. The predicted molar refractivity (Wildman–Crippen MR) is 91.4 cm³/mol. The van der Waals surface area contributed by atoms with E-state index in [1.807, 2.05) is 12.1 Å². The number of fused-ring (bicyclic) bond motifs is 3. The number of aryl methyl sites for hydroxylation is 2. The van der Waals surface area contributed by atoms with Gasteiger partial charge in [-0.3, -0.25) is 0 Å². The monoisotopic (exact) mass is 289 g/mol. The molecule has 0 radical (unpaired) electrons. The maximum absolute atomic E-state index is 6.09. The van der Waals surface area contributed by atoms with Crippen LogP contribution in [0, 0.1) is 6.92 Å². The first-order valence-electron chi connectivity index (χ1n) is 7.54. The van der Waals surface area contributed by atoms with Gasteiger partial charge < -0.3 is 9.23 Å². The maximum atomic E-state index is 6.09. The van der Waals surface area contributed by atoms with Crippen LogP contribution in [0.4, 0.5) is 5.88 Å². The summed E-state index contributed by atoms with van der Waals surface area (Å²) in [5.41, 5.74) is 4.64. The van der Waals surface area contributed by atoms with Gasteiger partial charge in [-0.2, -0.15) is 0 Å². The van der Waals surface area contributed by atoms with E-state index in [9.17, 15) is 0 Å². The molecule has 0 aliphatic carbocycles. The van der Waals surface area contributed by atoms with Crippen LogP contribution in [0.15, 0.2) is 53.0 Å². The summed E-state index contributed by atoms with van der Waals surface area (Å²) in [5, 5.41) is 1.17. The average Bonchev–Trinajstić information content (AvgIpc) is 2.90. The standard InChI is InChI=1S/C18H18BN2O/c1-13-9-11-20(2)17(12-13)19-10-8-15-14-6-4-5-7-16(14)22-18(15)21(19)3/h4-12H,1-3H3/q+1. The zero-order valence-electron chi connectivity index (χ0n) is 13.1. The second-order valence-corrected chi connectivity index (χ2v) is 5.97. The molecule has 0 atom stereocenters. The number of hydrogen-bond donors (Lipinski definition) is 0. The lowest BCUT2D eigenvalue weighted by atomic mass is 9.55. The first-order chi connectivity index (χ1) is 10.6. The van der Waals surface area contributed by atoms with Gasteiger partial charge in [0.15, 0.2) is 17.7 Å². The number of aromatic nitrogens is 1. The Hall–Kier alpha value is -2.49. The number of pyridine rings is 1. The molecule has 1 aliphatic heterocycles. The van der Waals surface area contributed by atoms with Gasteiger partial charge in [0.2, 0.25) is 0 Å². The number of rotatable bonds is 1. The average molecular weight is 289 g/mol. The number of furan rings is 1. The number of nitrogens with zero attached hydrogens (tertiary/aromatic N) is 2. The number of anilines is 1. The third-order valence-electron chi connectivity index (χ3n) is 4.44. The van der Waals surface area contributed by atoms with E-state index >= 15 is 0 Å². The van der Waals surface area contributed by atoms with Gasteiger partial charge in [-0.1, -0.05) is 30.3 Å². The zero-order chi connectivity index (χ0) is 15.3. The van der Waals surface area contributed by atoms with Gasteiger partial charge in [0, 0.05) is 23.1 Å². The van der Waals surface area contributed by atoms with E-state index in [1.54, 1.807) is 0 Å². The molecule has 4 rings (SSSR count). The lowest BCUT2D eigenvalue weighted by Gasteiger charge is -2.24. The highest BCUT2D eigenvalue weighted by Crippen LogP contribution is 2.35. The highest BCUT2D eigenvalue weighted by Gasteiger charge is 2.34. The molecule has 1 aliphatic rings. The molecule has 2 aromatic heterocycles. The van der Waals surface area contributed by atoms with E-state index in [4.69, 9.17) is 4.42 Å². The lowest BCUT2D eigenvalue weighted by Crippen LogP contribution is -2.60. The Bertz CT molecular complexity index is 897. The Morgan fingerprint density at radius 1 is 1.18 bits per heavy atom. The number of para-hydroxylation sites is 1. The van der Waals surface area contributed by atoms with Crippen molar-refractivity contribution in [3.8, 4) is 0 Å². The molecule has 0 saturated carbocycles. The van der Waals surface area contributed by atoms with Gasteiger partial charge in [-0.15, -0.1) is 0 Å². The van der Waals surface area contributed by atoms with Crippen LogP contribution in [0.25, 0.3) is 17.0 Å². The zero-order valence-corrected chi connectivity index (χ0v) is 13.1. The minimum atomic E-state index is 0.179. The van der Waals surface area contributed by atoms with Gasteiger partial charge in [0.1, 0.15) is 12.6 Å². The predicted octanol–water partition coefficient (Wildman–Crippen LogP) is 2.47. The molecular formula is C18H18BN2O+. The van der Waals surface area contributed by atoms with Crippen molar-refractivity contribution < 1.29 is 8.98 Å². The smallest absolute Gasteiger partial charge is 0.398 e. The van der Waals surface area contributed by atoms with E-state index < -0.39 is 0 Å². The minimum Gasteiger partial charge on any atom is -0.441 e. The van der Waals surface area contributed by atoms with E-state index in [-0.39, 0.29) is 6.85 Å². The summed E-state index contributed by atoms with van der Waals surface area (Å²) in [7, 11) is 4.18. The fraction of sp³-hybridized carbons (Fsp3) is 0.167. The lowest BCUT2D eigenvalue weighted by molar-refractivity contribution is -0.654. The van der Waals surface area contributed by atoms with Crippen molar-refractivity contribution in [2.24, 2.45) is 7.05 Å². The molecule has 1 aromatic carbocycles. The second kappa shape index (κ2) is 4.77. The quantitative estimate of drug-likeness (QED) is 0.506.